The van der Waals surface area contributed by atoms with Crippen molar-refractivity contribution >= 4 is 12.0 Å². The topological polar surface area (TPSA) is 116 Å². The average Bonchev–Trinajstić information content (AvgIpc) is 3.38. The molecule has 0 radical (unpaired) electrons. The lowest BCUT2D eigenvalue weighted by Gasteiger charge is -2.68. The molecule has 4 aliphatic carbocycles. The third kappa shape index (κ3) is 4.58. The molecule has 7 rings (SSSR count). The quantitative estimate of drug-likeness (QED) is 0.620. The van der Waals surface area contributed by atoms with Gasteiger partial charge in [-0.3, -0.25) is 9.53 Å². The van der Waals surface area contributed by atoms with Crippen LogP contribution >= 0.6 is 0 Å². The van der Waals surface area contributed by atoms with Crippen LogP contribution in [0.1, 0.15) is 77.0 Å². The maximum Gasteiger partial charge on any atom is 0.522 e. The maximum absolute atomic E-state index is 12.9. The van der Waals surface area contributed by atoms with E-state index in [0.717, 1.165) is 0 Å². The fourth-order valence-corrected chi connectivity index (χ4v) is 6.56. The second-order valence-electron chi connectivity index (χ2n) is 12.4. The number of fused-ring (bicyclic) bond motifs is 1. The Morgan fingerprint density at radius 2 is 1.78 bits per heavy atom. The lowest BCUT2D eigenvalue weighted by Crippen LogP contribution is -2.77. The summed E-state index contributed by atoms with van der Waals surface area (Å²) in [7, 11) is 0. The van der Waals surface area contributed by atoms with Crippen molar-refractivity contribution < 1.29 is 41.4 Å². The summed E-state index contributed by atoms with van der Waals surface area (Å²) in [6.07, 6.45) is -3.56. The number of ether oxygens (including phenoxy) is 3. The molecule has 2 saturated heterocycles. The van der Waals surface area contributed by atoms with Crippen LogP contribution in [-0.4, -0.2) is 76.0 Å². The molecule has 2 bridgehead atoms. The largest absolute Gasteiger partial charge is 0.522 e. The summed E-state index contributed by atoms with van der Waals surface area (Å²) in [6, 6.07) is 0. The third-order valence-electron chi connectivity index (χ3n) is 8.24. The fraction of sp³-hybridized carbons (Fsp3) is 0.833. The molecule has 0 spiro atoms. The number of likely N-dealkylation sites (tertiary alicyclic amines) is 1. The van der Waals surface area contributed by atoms with Crippen molar-refractivity contribution in [2.45, 2.75) is 106 Å². The Bertz CT molecular complexity index is 1060. The number of nitrogens with zero attached hydrogens (tertiary/aromatic N) is 3. The van der Waals surface area contributed by atoms with Gasteiger partial charge in [0, 0.05) is 23.9 Å². The number of carbonyl (C=O) groups is 2. The van der Waals surface area contributed by atoms with Crippen molar-refractivity contribution in [3.63, 3.8) is 0 Å². The molecular weight excluding hydrogens is 497 g/mol. The first kappa shape index (κ1) is 24.9. The Hall–Kier alpha value is -2.41. The Morgan fingerprint density at radius 3 is 2.41 bits per heavy atom. The lowest BCUT2D eigenvalue weighted by atomic mass is 9.39. The zero-order valence-corrected chi connectivity index (χ0v) is 21.0. The van der Waals surface area contributed by atoms with Gasteiger partial charge in [0.1, 0.15) is 11.7 Å². The first-order chi connectivity index (χ1) is 17.2. The van der Waals surface area contributed by atoms with Crippen LogP contribution in [0.5, 0.6) is 0 Å². The molecule has 10 nitrogen and oxygen atoms in total. The zero-order valence-electron chi connectivity index (χ0n) is 21.0. The standard InChI is InChI=1S/C24H31F3N4O6/c1-21(2,3)37-20(33)31-7-13-6-15(34-16(13)8-31)17(32)28-23-9-22(10-23,11-23)19-30-29-18(35-19)12-4-14(5-12)36-24(25,26)27/h12-16H,4-11H2,1-3H3,(H,28,32). The van der Waals surface area contributed by atoms with Crippen LogP contribution < -0.4 is 5.32 Å². The summed E-state index contributed by atoms with van der Waals surface area (Å²) < 4.78 is 58.3. The molecule has 3 unspecified atom stereocenters. The Morgan fingerprint density at radius 1 is 1.08 bits per heavy atom. The number of amides is 2. The summed E-state index contributed by atoms with van der Waals surface area (Å²) in [5.41, 5.74) is -1.14. The van der Waals surface area contributed by atoms with Gasteiger partial charge in [-0.2, -0.15) is 0 Å². The van der Waals surface area contributed by atoms with Crippen LogP contribution in [-0.2, 0) is 24.4 Å². The minimum absolute atomic E-state index is 0.104. The van der Waals surface area contributed by atoms with Crippen molar-refractivity contribution in [3.8, 4) is 0 Å². The highest BCUT2D eigenvalue weighted by Crippen LogP contribution is 2.67. The molecule has 13 heteroatoms. The number of hydrogen-bond donors (Lipinski definition) is 1. The predicted octanol–water partition coefficient (Wildman–Crippen LogP) is 3.17. The average molecular weight is 529 g/mol. The van der Waals surface area contributed by atoms with Gasteiger partial charge in [0.05, 0.1) is 24.2 Å². The first-order valence-electron chi connectivity index (χ1n) is 12.8. The van der Waals surface area contributed by atoms with Crippen LogP contribution in [0, 0.1) is 5.92 Å². The molecule has 6 aliphatic rings. The number of aromatic nitrogens is 2. The summed E-state index contributed by atoms with van der Waals surface area (Å²) in [4.78, 5) is 26.9. The molecule has 0 aromatic carbocycles. The highest BCUT2D eigenvalue weighted by atomic mass is 19.4. The van der Waals surface area contributed by atoms with E-state index in [9.17, 15) is 22.8 Å². The molecule has 4 saturated carbocycles. The smallest absolute Gasteiger partial charge is 0.444 e. The minimum atomic E-state index is -4.64. The van der Waals surface area contributed by atoms with Crippen LogP contribution in [0.3, 0.4) is 0 Å². The van der Waals surface area contributed by atoms with Gasteiger partial charge in [-0.1, -0.05) is 0 Å². The normalized spacial score (nSPS) is 38.3. The van der Waals surface area contributed by atoms with Crippen molar-refractivity contribution in [1.82, 2.24) is 20.4 Å². The Balaban J connectivity index is 0.955. The molecule has 2 aliphatic heterocycles. The molecule has 37 heavy (non-hydrogen) atoms. The van der Waals surface area contributed by atoms with Crippen molar-refractivity contribution in [2.24, 2.45) is 5.92 Å². The van der Waals surface area contributed by atoms with Crippen molar-refractivity contribution in [1.29, 1.82) is 0 Å². The first-order valence-corrected chi connectivity index (χ1v) is 12.8. The van der Waals surface area contributed by atoms with Gasteiger partial charge in [-0.15, -0.1) is 23.4 Å². The SMILES string of the molecule is CC(C)(C)OC(=O)N1CC2CC(C(=O)NC34CC(c5nnc(C6CC(OC(F)(F)F)C6)o5)(C3)C4)OC2C1. The highest BCUT2D eigenvalue weighted by molar-refractivity contribution is 5.82. The van der Waals surface area contributed by atoms with Crippen molar-refractivity contribution in [3.05, 3.63) is 11.8 Å². The molecule has 204 valence electrons. The van der Waals surface area contributed by atoms with Gasteiger partial charge in [0.25, 0.3) is 0 Å². The second-order valence-corrected chi connectivity index (χ2v) is 12.4. The molecule has 3 atom stereocenters. The van der Waals surface area contributed by atoms with Crippen LogP contribution in [0.2, 0.25) is 0 Å². The van der Waals surface area contributed by atoms with Gasteiger partial charge in [0.15, 0.2) is 0 Å². The van der Waals surface area contributed by atoms with E-state index in [1.807, 2.05) is 20.8 Å². The van der Waals surface area contributed by atoms with E-state index in [0.29, 0.717) is 50.6 Å². The summed E-state index contributed by atoms with van der Waals surface area (Å²) >= 11 is 0. The van der Waals surface area contributed by atoms with Crippen molar-refractivity contribution in [2.75, 3.05) is 13.1 Å². The van der Waals surface area contributed by atoms with Crippen LogP contribution in [0.25, 0.3) is 0 Å². The van der Waals surface area contributed by atoms with Gasteiger partial charge in [-0.25, -0.2) is 4.79 Å². The van der Waals surface area contributed by atoms with Gasteiger partial charge < -0.3 is 24.1 Å². The van der Waals surface area contributed by atoms with E-state index < -0.39 is 24.2 Å². The van der Waals surface area contributed by atoms with E-state index in [4.69, 9.17) is 13.9 Å². The molecule has 3 heterocycles. The van der Waals surface area contributed by atoms with Crippen LogP contribution in [0.4, 0.5) is 18.0 Å². The zero-order chi connectivity index (χ0) is 26.4. The molecule has 1 aromatic rings. The molecule has 1 N–H and O–H groups in total. The predicted molar refractivity (Wildman–Crippen MR) is 118 cm³/mol. The molecular formula is C24H31F3N4O6. The minimum Gasteiger partial charge on any atom is -0.444 e. The molecule has 2 amide bonds. The van der Waals surface area contributed by atoms with Gasteiger partial charge >= 0.3 is 12.5 Å². The highest BCUT2D eigenvalue weighted by Gasteiger charge is 2.72. The third-order valence-corrected chi connectivity index (χ3v) is 8.24. The fourth-order valence-electron chi connectivity index (χ4n) is 6.56. The summed E-state index contributed by atoms with van der Waals surface area (Å²) in [5, 5.41) is 11.4. The number of hydrogen-bond acceptors (Lipinski definition) is 8. The Labute approximate surface area is 211 Å². The van der Waals surface area contributed by atoms with E-state index in [-0.39, 0.29) is 53.7 Å². The monoisotopic (exact) mass is 528 g/mol. The van der Waals surface area contributed by atoms with E-state index in [1.54, 1.807) is 4.90 Å². The van der Waals surface area contributed by atoms with E-state index in [1.165, 1.54) is 0 Å². The summed E-state index contributed by atoms with van der Waals surface area (Å²) in [6.45, 7) is 6.41. The van der Waals surface area contributed by atoms with E-state index >= 15 is 0 Å². The summed E-state index contributed by atoms with van der Waals surface area (Å²) in [5.74, 6) is 0.591. The van der Waals surface area contributed by atoms with E-state index in [2.05, 4.69) is 20.3 Å². The lowest BCUT2D eigenvalue weighted by molar-refractivity contribution is -0.352. The van der Waals surface area contributed by atoms with Gasteiger partial charge in [0.2, 0.25) is 17.7 Å². The maximum atomic E-state index is 12.9. The molecule has 1 aromatic heterocycles. The molecule has 6 fully saturated rings. The number of halogens is 3. The number of rotatable bonds is 5. The Kier molecular flexibility index (Phi) is 5.41. The number of carbonyl (C=O) groups excluding carboxylic acids is 2. The number of nitrogens with one attached hydrogen (secondary N) is 1. The van der Waals surface area contributed by atoms with Gasteiger partial charge in [-0.05, 0) is 59.3 Å². The second kappa shape index (κ2) is 8.05. The number of alkyl halides is 3. The van der Waals surface area contributed by atoms with Crippen LogP contribution in [0.15, 0.2) is 4.42 Å².